The predicted octanol–water partition coefficient (Wildman–Crippen LogP) is 3.69. The van der Waals surface area contributed by atoms with Crippen LogP contribution in [0.1, 0.15) is 40.0 Å². The van der Waals surface area contributed by atoms with E-state index >= 15 is 0 Å². The summed E-state index contributed by atoms with van der Waals surface area (Å²) in [6.45, 7) is 6.92. The average molecular weight is 175 g/mol. The van der Waals surface area contributed by atoms with Crippen molar-refractivity contribution in [2.75, 3.05) is 0 Å². The Morgan fingerprint density at radius 3 is 2.36 bits per heavy atom. The van der Waals surface area contributed by atoms with Gasteiger partial charge in [-0.05, 0) is 37.0 Å². The molecule has 1 aliphatic rings. The summed E-state index contributed by atoms with van der Waals surface area (Å²) in [5.74, 6) is 2.43. The third-order valence-corrected chi connectivity index (χ3v) is 3.47. The first kappa shape index (κ1) is 9.38. The molecule has 1 fully saturated rings. The van der Waals surface area contributed by atoms with E-state index in [-0.39, 0.29) is 0 Å². The summed E-state index contributed by atoms with van der Waals surface area (Å²) in [6, 6.07) is 0. The quantitative estimate of drug-likeness (QED) is 0.532. The van der Waals surface area contributed by atoms with Crippen LogP contribution in [0.4, 0.5) is 0 Å². The summed E-state index contributed by atoms with van der Waals surface area (Å²) >= 11 is 6.24. The van der Waals surface area contributed by atoms with E-state index < -0.39 is 0 Å². The first-order valence-electron chi connectivity index (χ1n) is 4.75. The summed E-state index contributed by atoms with van der Waals surface area (Å²) in [7, 11) is 0. The Bertz CT molecular complexity index is 120. The van der Waals surface area contributed by atoms with Crippen molar-refractivity contribution in [3.63, 3.8) is 0 Å². The minimum atomic E-state index is 0.450. The molecule has 1 heteroatoms. The fourth-order valence-corrected chi connectivity index (χ4v) is 2.60. The molecule has 0 aromatic rings. The Balaban J connectivity index is 2.47. The van der Waals surface area contributed by atoms with E-state index in [1.165, 1.54) is 19.3 Å². The largest absolute Gasteiger partial charge is 0.123 e. The van der Waals surface area contributed by atoms with Gasteiger partial charge in [0.25, 0.3) is 0 Å². The van der Waals surface area contributed by atoms with Gasteiger partial charge in [0.2, 0.25) is 0 Å². The molecule has 0 aliphatic heterocycles. The third-order valence-electron chi connectivity index (χ3n) is 2.93. The Morgan fingerprint density at radius 1 is 1.27 bits per heavy atom. The Hall–Kier alpha value is 0.290. The van der Waals surface area contributed by atoms with Gasteiger partial charge in [-0.15, -0.1) is 11.6 Å². The van der Waals surface area contributed by atoms with Gasteiger partial charge < -0.3 is 0 Å². The Kier molecular flexibility index (Phi) is 3.24. The van der Waals surface area contributed by atoms with Crippen molar-refractivity contribution in [1.29, 1.82) is 0 Å². The lowest BCUT2D eigenvalue weighted by atomic mass is 9.76. The van der Waals surface area contributed by atoms with Gasteiger partial charge in [-0.1, -0.05) is 20.8 Å². The van der Waals surface area contributed by atoms with Crippen molar-refractivity contribution >= 4 is 11.6 Å². The van der Waals surface area contributed by atoms with E-state index in [0.29, 0.717) is 5.38 Å². The minimum Gasteiger partial charge on any atom is -0.123 e. The highest BCUT2D eigenvalue weighted by atomic mass is 35.5. The average Bonchev–Trinajstić information content (AvgIpc) is 1.94. The highest BCUT2D eigenvalue weighted by molar-refractivity contribution is 6.20. The van der Waals surface area contributed by atoms with Crippen LogP contribution in [-0.2, 0) is 0 Å². The summed E-state index contributed by atoms with van der Waals surface area (Å²) in [5, 5.41) is 0.450. The first-order valence-corrected chi connectivity index (χ1v) is 5.19. The van der Waals surface area contributed by atoms with Crippen molar-refractivity contribution in [2.24, 2.45) is 17.8 Å². The molecule has 0 nitrogen and oxygen atoms in total. The number of hydrogen-bond donors (Lipinski definition) is 0. The summed E-state index contributed by atoms with van der Waals surface area (Å²) in [6.07, 6.45) is 3.90. The Labute approximate surface area is 75.3 Å². The molecule has 0 spiro atoms. The van der Waals surface area contributed by atoms with Crippen LogP contribution in [0, 0.1) is 17.8 Å². The smallest absolute Gasteiger partial charge is 0.0366 e. The standard InChI is InChI=1S/C10H19Cl/c1-7(2)9-6-8(3)4-5-10(9)11/h7-10H,4-6H2,1-3H3. The van der Waals surface area contributed by atoms with Crippen LogP contribution < -0.4 is 0 Å². The van der Waals surface area contributed by atoms with Gasteiger partial charge in [0, 0.05) is 5.38 Å². The predicted molar refractivity (Wildman–Crippen MR) is 51.0 cm³/mol. The molecule has 0 heterocycles. The molecule has 1 aliphatic carbocycles. The van der Waals surface area contributed by atoms with Crippen LogP contribution >= 0.6 is 11.6 Å². The van der Waals surface area contributed by atoms with E-state index in [1.54, 1.807) is 0 Å². The molecule has 3 atom stereocenters. The maximum atomic E-state index is 6.24. The van der Waals surface area contributed by atoms with Crippen molar-refractivity contribution in [1.82, 2.24) is 0 Å². The molecule has 11 heavy (non-hydrogen) atoms. The van der Waals surface area contributed by atoms with Crippen LogP contribution in [0.15, 0.2) is 0 Å². The van der Waals surface area contributed by atoms with Gasteiger partial charge >= 0.3 is 0 Å². The van der Waals surface area contributed by atoms with Crippen molar-refractivity contribution in [3.05, 3.63) is 0 Å². The molecule has 3 unspecified atom stereocenters. The highest BCUT2D eigenvalue weighted by Gasteiger charge is 2.28. The molecule has 0 aromatic carbocycles. The lowest BCUT2D eigenvalue weighted by molar-refractivity contribution is 0.232. The number of halogens is 1. The normalized spacial score (nSPS) is 39.5. The van der Waals surface area contributed by atoms with Crippen molar-refractivity contribution < 1.29 is 0 Å². The maximum absolute atomic E-state index is 6.24. The van der Waals surface area contributed by atoms with Crippen LogP contribution in [-0.4, -0.2) is 5.38 Å². The van der Waals surface area contributed by atoms with Crippen LogP contribution in [0.2, 0.25) is 0 Å². The van der Waals surface area contributed by atoms with Crippen molar-refractivity contribution in [3.8, 4) is 0 Å². The minimum absolute atomic E-state index is 0.450. The van der Waals surface area contributed by atoms with E-state index in [0.717, 1.165) is 17.8 Å². The van der Waals surface area contributed by atoms with Crippen LogP contribution in [0.3, 0.4) is 0 Å². The van der Waals surface area contributed by atoms with Gasteiger partial charge in [-0.2, -0.15) is 0 Å². The summed E-state index contributed by atoms with van der Waals surface area (Å²) in [4.78, 5) is 0. The lowest BCUT2D eigenvalue weighted by Gasteiger charge is -2.33. The van der Waals surface area contributed by atoms with E-state index in [2.05, 4.69) is 20.8 Å². The fraction of sp³-hybridized carbons (Fsp3) is 1.00. The zero-order valence-electron chi connectivity index (χ0n) is 7.81. The number of rotatable bonds is 1. The fourth-order valence-electron chi connectivity index (χ4n) is 2.08. The molecule has 0 N–H and O–H groups in total. The summed E-state index contributed by atoms with van der Waals surface area (Å²) < 4.78 is 0. The zero-order chi connectivity index (χ0) is 8.43. The lowest BCUT2D eigenvalue weighted by Crippen LogP contribution is -2.28. The molecular weight excluding hydrogens is 156 g/mol. The molecular formula is C10H19Cl. The molecule has 0 bridgehead atoms. The summed E-state index contributed by atoms with van der Waals surface area (Å²) in [5.41, 5.74) is 0. The van der Waals surface area contributed by atoms with Gasteiger partial charge in [-0.25, -0.2) is 0 Å². The van der Waals surface area contributed by atoms with Crippen LogP contribution in [0.25, 0.3) is 0 Å². The van der Waals surface area contributed by atoms with Crippen LogP contribution in [0.5, 0.6) is 0 Å². The van der Waals surface area contributed by atoms with Gasteiger partial charge in [0.1, 0.15) is 0 Å². The monoisotopic (exact) mass is 174 g/mol. The van der Waals surface area contributed by atoms with Crippen molar-refractivity contribution in [2.45, 2.75) is 45.4 Å². The molecule has 1 rings (SSSR count). The second-order valence-electron chi connectivity index (χ2n) is 4.34. The van der Waals surface area contributed by atoms with E-state index in [9.17, 15) is 0 Å². The molecule has 0 aromatic heterocycles. The van der Waals surface area contributed by atoms with E-state index in [4.69, 9.17) is 11.6 Å². The van der Waals surface area contributed by atoms with E-state index in [1.807, 2.05) is 0 Å². The molecule has 0 saturated heterocycles. The third kappa shape index (κ3) is 2.37. The topological polar surface area (TPSA) is 0 Å². The molecule has 0 radical (unpaired) electrons. The molecule has 0 amide bonds. The molecule has 1 saturated carbocycles. The SMILES string of the molecule is CC1CCC(Cl)C(C(C)C)C1. The maximum Gasteiger partial charge on any atom is 0.0366 e. The zero-order valence-corrected chi connectivity index (χ0v) is 8.56. The Morgan fingerprint density at radius 2 is 1.91 bits per heavy atom. The molecule has 66 valence electrons. The highest BCUT2D eigenvalue weighted by Crippen LogP contribution is 2.36. The number of hydrogen-bond acceptors (Lipinski definition) is 0. The van der Waals surface area contributed by atoms with Gasteiger partial charge in [-0.3, -0.25) is 0 Å². The van der Waals surface area contributed by atoms with Gasteiger partial charge in [0.05, 0.1) is 0 Å². The number of alkyl halides is 1. The van der Waals surface area contributed by atoms with Gasteiger partial charge in [0.15, 0.2) is 0 Å². The second-order valence-corrected chi connectivity index (χ2v) is 4.90. The first-order chi connectivity index (χ1) is 5.11. The second kappa shape index (κ2) is 3.80.